The van der Waals surface area contributed by atoms with Gasteiger partial charge >= 0.3 is 0 Å². The molecule has 1 N–H and O–H groups in total. The molecule has 0 saturated heterocycles. The molecule has 0 bridgehead atoms. The van der Waals surface area contributed by atoms with Gasteiger partial charge in [-0.05, 0) is 50.0 Å². The number of ketones is 1. The van der Waals surface area contributed by atoms with Crippen LogP contribution in [-0.4, -0.2) is 16.5 Å². The molecule has 2 aliphatic rings. The van der Waals surface area contributed by atoms with Crippen molar-refractivity contribution in [2.24, 2.45) is 23.7 Å². The summed E-state index contributed by atoms with van der Waals surface area (Å²) in [4.78, 5) is 11.8. The molecule has 0 spiro atoms. The van der Waals surface area contributed by atoms with Crippen LogP contribution in [0.25, 0.3) is 0 Å². The summed E-state index contributed by atoms with van der Waals surface area (Å²) in [5.41, 5.74) is 0.234. The number of aliphatic hydroxyl groups is 1. The molecular formula is C15H24O2. The van der Waals surface area contributed by atoms with E-state index in [1.807, 2.05) is 13.8 Å². The third-order valence-corrected chi connectivity index (χ3v) is 4.89. The fraction of sp³-hybridized carbons (Fsp3) is 0.800. The van der Waals surface area contributed by atoms with Crippen molar-refractivity contribution in [1.29, 1.82) is 0 Å². The molecule has 0 radical (unpaired) electrons. The van der Waals surface area contributed by atoms with Crippen LogP contribution in [0.5, 0.6) is 0 Å². The molecule has 0 aliphatic heterocycles. The van der Waals surface area contributed by atoms with Crippen LogP contribution in [0.3, 0.4) is 0 Å². The van der Waals surface area contributed by atoms with Crippen molar-refractivity contribution in [1.82, 2.24) is 0 Å². The molecule has 0 aromatic rings. The minimum Gasteiger partial charge on any atom is -0.390 e. The van der Waals surface area contributed by atoms with Crippen molar-refractivity contribution in [2.45, 2.75) is 52.6 Å². The molecule has 96 valence electrons. The Bertz CT molecular complexity index is 352. The van der Waals surface area contributed by atoms with E-state index >= 15 is 0 Å². The number of hydrogen-bond acceptors (Lipinski definition) is 2. The molecule has 0 unspecified atom stereocenters. The molecule has 17 heavy (non-hydrogen) atoms. The van der Waals surface area contributed by atoms with Crippen molar-refractivity contribution in [3.05, 3.63) is 11.6 Å². The average Bonchev–Trinajstić information content (AvgIpc) is 2.20. The van der Waals surface area contributed by atoms with Crippen molar-refractivity contribution >= 4 is 5.78 Å². The van der Waals surface area contributed by atoms with Gasteiger partial charge in [0, 0.05) is 12.3 Å². The van der Waals surface area contributed by atoms with Crippen LogP contribution in [0, 0.1) is 23.7 Å². The van der Waals surface area contributed by atoms with E-state index < -0.39 is 5.60 Å². The second-order valence-corrected chi connectivity index (χ2v) is 6.46. The van der Waals surface area contributed by atoms with Crippen LogP contribution in [0.15, 0.2) is 11.6 Å². The van der Waals surface area contributed by atoms with E-state index in [9.17, 15) is 9.90 Å². The molecule has 0 amide bonds. The van der Waals surface area contributed by atoms with Crippen LogP contribution in [0.1, 0.15) is 47.0 Å². The molecule has 0 aromatic carbocycles. The van der Waals surface area contributed by atoms with E-state index in [4.69, 9.17) is 0 Å². The summed E-state index contributed by atoms with van der Waals surface area (Å²) >= 11 is 0. The van der Waals surface area contributed by atoms with E-state index in [1.165, 1.54) is 0 Å². The van der Waals surface area contributed by atoms with Crippen molar-refractivity contribution in [2.75, 3.05) is 0 Å². The summed E-state index contributed by atoms with van der Waals surface area (Å²) in [6.45, 7) is 8.32. The Kier molecular flexibility index (Phi) is 3.19. The number of fused-ring (bicyclic) bond motifs is 1. The Hall–Kier alpha value is -0.630. The average molecular weight is 236 g/mol. The molecular weight excluding hydrogens is 212 g/mol. The summed E-state index contributed by atoms with van der Waals surface area (Å²) in [7, 11) is 0. The molecule has 2 aliphatic carbocycles. The first-order valence-electron chi connectivity index (χ1n) is 6.77. The van der Waals surface area contributed by atoms with Gasteiger partial charge in [0.25, 0.3) is 0 Å². The zero-order valence-electron chi connectivity index (χ0n) is 11.4. The van der Waals surface area contributed by atoms with Crippen LogP contribution >= 0.6 is 0 Å². The van der Waals surface area contributed by atoms with Crippen molar-refractivity contribution in [3.8, 4) is 0 Å². The summed E-state index contributed by atoms with van der Waals surface area (Å²) < 4.78 is 0. The van der Waals surface area contributed by atoms with E-state index in [-0.39, 0.29) is 11.7 Å². The zero-order chi connectivity index (χ0) is 12.8. The number of Topliss-reactive ketones (excluding diaryl/α,β-unsaturated/α-hetero) is 1. The van der Waals surface area contributed by atoms with E-state index in [0.29, 0.717) is 24.2 Å². The highest BCUT2D eigenvalue weighted by Crippen LogP contribution is 2.48. The molecule has 0 heterocycles. The van der Waals surface area contributed by atoms with E-state index in [1.54, 1.807) is 0 Å². The summed E-state index contributed by atoms with van der Waals surface area (Å²) in [6.07, 6.45) is 4.57. The topological polar surface area (TPSA) is 37.3 Å². The maximum Gasteiger partial charge on any atom is 0.158 e. The first kappa shape index (κ1) is 12.8. The Morgan fingerprint density at radius 2 is 2.12 bits per heavy atom. The molecule has 2 heteroatoms. The first-order valence-corrected chi connectivity index (χ1v) is 6.77. The molecule has 2 rings (SSSR count). The molecule has 0 aromatic heterocycles. The third-order valence-electron chi connectivity index (χ3n) is 4.89. The van der Waals surface area contributed by atoms with Gasteiger partial charge in [0.15, 0.2) is 5.78 Å². The van der Waals surface area contributed by atoms with Crippen LogP contribution in [0.2, 0.25) is 0 Å². The quantitative estimate of drug-likeness (QED) is 0.760. The lowest BCUT2D eigenvalue weighted by atomic mass is 9.58. The predicted molar refractivity (Wildman–Crippen MR) is 68.5 cm³/mol. The van der Waals surface area contributed by atoms with Gasteiger partial charge in [-0.25, -0.2) is 0 Å². The van der Waals surface area contributed by atoms with Crippen molar-refractivity contribution < 1.29 is 9.90 Å². The minimum atomic E-state index is -0.664. The maximum atomic E-state index is 11.8. The maximum absolute atomic E-state index is 11.8. The Morgan fingerprint density at radius 3 is 2.71 bits per heavy atom. The van der Waals surface area contributed by atoms with Gasteiger partial charge in [-0.3, -0.25) is 4.79 Å². The summed E-state index contributed by atoms with van der Waals surface area (Å²) in [5.74, 6) is 1.96. The van der Waals surface area contributed by atoms with Gasteiger partial charge in [0.05, 0.1) is 5.60 Å². The van der Waals surface area contributed by atoms with Crippen LogP contribution < -0.4 is 0 Å². The number of carbonyl (C=O) groups is 1. The Labute approximate surface area is 104 Å². The van der Waals surface area contributed by atoms with Gasteiger partial charge in [-0.1, -0.05) is 19.9 Å². The van der Waals surface area contributed by atoms with Gasteiger partial charge in [-0.2, -0.15) is 0 Å². The summed E-state index contributed by atoms with van der Waals surface area (Å²) in [5, 5.41) is 10.5. The van der Waals surface area contributed by atoms with E-state index in [2.05, 4.69) is 19.9 Å². The number of rotatable bonds is 1. The smallest absolute Gasteiger partial charge is 0.158 e. The van der Waals surface area contributed by atoms with E-state index in [0.717, 1.165) is 18.4 Å². The van der Waals surface area contributed by atoms with Gasteiger partial charge < -0.3 is 5.11 Å². The van der Waals surface area contributed by atoms with Gasteiger partial charge in [0.1, 0.15) is 0 Å². The fourth-order valence-electron chi connectivity index (χ4n) is 3.67. The predicted octanol–water partition coefficient (Wildman–Crippen LogP) is 2.95. The second-order valence-electron chi connectivity index (χ2n) is 6.46. The lowest BCUT2D eigenvalue weighted by molar-refractivity contribution is -0.126. The van der Waals surface area contributed by atoms with Crippen LogP contribution in [0.4, 0.5) is 0 Å². The highest BCUT2D eigenvalue weighted by Gasteiger charge is 2.47. The third kappa shape index (κ3) is 2.20. The standard InChI is InChI=1S/C15H24O2/c1-9(2)11-5-6-15(4,17)13-8-14(16)10(3)7-12(11)13/h7,9,11-13,17H,5-6,8H2,1-4H3/t11-,12-,13+,15+/m0/s1. The lowest BCUT2D eigenvalue weighted by Gasteiger charge is -2.49. The molecule has 4 atom stereocenters. The van der Waals surface area contributed by atoms with Gasteiger partial charge in [0.2, 0.25) is 0 Å². The number of allylic oxidation sites excluding steroid dienone is 2. The fourth-order valence-corrected chi connectivity index (χ4v) is 3.67. The number of hydrogen-bond donors (Lipinski definition) is 1. The molecule has 1 saturated carbocycles. The SMILES string of the molecule is CC1=C[C@@H]2[C@@H](CC1=O)[C@](C)(O)CC[C@H]2C(C)C. The zero-order valence-corrected chi connectivity index (χ0v) is 11.4. The second kappa shape index (κ2) is 4.24. The molecule has 2 nitrogen and oxygen atoms in total. The Balaban J connectivity index is 2.35. The largest absolute Gasteiger partial charge is 0.390 e. The van der Waals surface area contributed by atoms with Crippen molar-refractivity contribution in [3.63, 3.8) is 0 Å². The monoisotopic (exact) mass is 236 g/mol. The highest BCUT2D eigenvalue weighted by molar-refractivity contribution is 5.95. The Morgan fingerprint density at radius 1 is 1.47 bits per heavy atom. The normalized spacial score (nSPS) is 42.4. The van der Waals surface area contributed by atoms with Gasteiger partial charge in [-0.15, -0.1) is 0 Å². The first-order chi connectivity index (χ1) is 7.83. The lowest BCUT2D eigenvalue weighted by Crippen LogP contribution is -2.49. The minimum absolute atomic E-state index is 0.125. The van der Waals surface area contributed by atoms with Crippen LogP contribution in [-0.2, 0) is 4.79 Å². The number of carbonyl (C=O) groups excluding carboxylic acids is 1. The molecule has 1 fully saturated rings. The summed E-state index contributed by atoms with van der Waals surface area (Å²) in [6, 6.07) is 0. The highest BCUT2D eigenvalue weighted by atomic mass is 16.3.